The van der Waals surface area contributed by atoms with Crippen LogP contribution in [0.1, 0.15) is 24.2 Å². The third kappa shape index (κ3) is 3.47. The number of anilines is 1. The molecule has 2 N–H and O–H groups in total. The van der Waals surface area contributed by atoms with Gasteiger partial charge < -0.3 is 14.8 Å². The number of nitrogens with one attached hydrogen (secondary N) is 1. The Hall–Kier alpha value is -3.60. The predicted octanol–water partition coefficient (Wildman–Crippen LogP) is 5.26. The molecule has 1 heterocycles. The van der Waals surface area contributed by atoms with Crippen LogP contribution >= 0.6 is 0 Å². The number of carboxylic acids is 1. The molecule has 2 aromatic carbocycles. The molecular weight excluding hydrogens is 364 g/mol. The van der Waals surface area contributed by atoms with Crippen LogP contribution in [0.4, 0.5) is 5.69 Å². The Bertz CT molecular complexity index is 1240. The predicted molar refractivity (Wildman–Crippen MR) is 115 cm³/mol. The zero-order valence-electron chi connectivity index (χ0n) is 16.4. The van der Waals surface area contributed by atoms with Crippen LogP contribution in [0.3, 0.4) is 0 Å². The standard InChI is InChI=1S/C24H22N2O3/c1-3-25-15-9-11-19-21(13-15)29-22-14-16(26-4-2)10-12-20(22)23(19)17-7-5-6-8-18(17)24(27)28/h5-14,25H,3-4H2,1-2H3,(H,27,28). The van der Waals surface area contributed by atoms with Gasteiger partial charge in [-0.15, -0.1) is 0 Å². The average Bonchev–Trinajstić information content (AvgIpc) is 2.72. The fourth-order valence-electron chi connectivity index (χ4n) is 3.65. The summed E-state index contributed by atoms with van der Waals surface area (Å²) in [7, 11) is 0. The van der Waals surface area contributed by atoms with Crippen molar-refractivity contribution in [1.82, 2.24) is 0 Å². The van der Waals surface area contributed by atoms with Crippen molar-refractivity contribution in [3.05, 3.63) is 71.6 Å². The van der Waals surface area contributed by atoms with Crippen molar-refractivity contribution in [3.63, 3.8) is 0 Å². The third-order valence-electron chi connectivity index (χ3n) is 4.85. The Morgan fingerprint density at radius 3 is 2.62 bits per heavy atom. The molecule has 0 atom stereocenters. The van der Waals surface area contributed by atoms with E-state index in [2.05, 4.69) is 10.3 Å². The van der Waals surface area contributed by atoms with Crippen molar-refractivity contribution in [1.29, 1.82) is 0 Å². The van der Waals surface area contributed by atoms with Crippen molar-refractivity contribution >= 4 is 22.6 Å². The lowest BCUT2D eigenvalue weighted by atomic mass is 9.90. The van der Waals surface area contributed by atoms with E-state index in [1.165, 1.54) is 0 Å². The molecule has 5 nitrogen and oxygen atoms in total. The van der Waals surface area contributed by atoms with E-state index in [1.54, 1.807) is 12.1 Å². The maximum atomic E-state index is 11.9. The number of hydrogen-bond acceptors (Lipinski definition) is 4. The van der Waals surface area contributed by atoms with Gasteiger partial charge in [-0.2, -0.15) is 0 Å². The molecule has 0 aromatic heterocycles. The van der Waals surface area contributed by atoms with Gasteiger partial charge in [-0.05, 0) is 49.7 Å². The SMILES string of the molecule is CCN=c1ccc2c(-c3ccccc3C(=O)O)c3ccc(NCC)cc3oc-2c1. The minimum Gasteiger partial charge on any atom is -0.478 e. The third-order valence-corrected chi connectivity index (χ3v) is 4.85. The summed E-state index contributed by atoms with van der Waals surface area (Å²) in [6.07, 6.45) is 0. The normalized spacial score (nSPS) is 11.9. The highest BCUT2D eigenvalue weighted by Gasteiger charge is 2.21. The second-order valence-corrected chi connectivity index (χ2v) is 6.72. The summed E-state index contributed by atoms with van der Waals surface area (Å²) >= 11 is 0. The van der Waals surface area contributed by atoms with Gasteiger partial charge in [0, 0.05) is 47.4 Å². The van der Waals surface area contributed by atoms with Gasteiger partial charge in [0.1, 0.15) is 11.3 Å². The van der Waals surface area contributed by atoms with Gasteiger partial charge in [-0.1, -0.05) is 18.2 Å². The molecule has 0 spiro atoms. The Morgan fingerprint density at radius 1 is 1.03 bits per heavy atom. The molecule has 0 bridgehead atoms. The molecule has 0 fully saturated rings. The van der Waals surface area contributed by atoms with E-state index in [9.17, 15) is 9.90 Å². The van der Waals surface area contributed by atoms with Gasteiger partial charge in [-0.25, -0.2) is 4.79 Å². The van der Waals surface area contributed by atoms with Crippen molar-refractivity contribution in [2.24, 2.45) is 4.99 Å². The second kappa shape index (κ2) is 7.80. The van der Waals surface area contributed by atoms with E-state index in [4.69, 9.17) is 4.42 Å². The summed E-state index contributed by atoms with van der Waals surface area (Å²) in [6.45, 7) is 5.50. The highest BCUT2D eigenvalue weighted by Crippen LogP contribution is 2.41. The van der Waals surface area contributed by atoms with Gasteiger partial charge in [0.15, 0.2) is 0 Å². The number of carboxylic acid groups (broad SMARTS) is 1. The van der Waals surface area contributed by atoms with E-state index < -0.39 is 5.97 Å². The minimum atomic E-state index is -0.954. The van der Waals surface area contributed by atoms with Crippen LogP contribution in [-0.2, 0) is 0 Å². The first-order chi connectivity index (χ1) is 14.1. The van der Waals surface area contributed by atoms with Crippen LogP contribution in [0.25, 0.3) is 33.4 Å². The monoisotopic (exact) mass is 386 g/mol. The molecule has 2 aromatic rings. The van der Waals surface area contributed by atoms with Gasteiger partial charge in [-0.3, -0.25) is 4.99 Å². The summed E-state index contributed by atoms with van der Waals surface area (Å²) < 4.78 is 6.24. The van der Waals surface area contributed by atoms with Crippen LogP contribution in [0.5, 0.6) is 0 Å². The first-order valence-electron chi connectivity index (χ1n) is 9.70. The Morgan fingerprint density at radius 2 is 1.86 bits per heavy atom. The number of carbonyl (C=O) groups is 1. The van der Waals surface area contributed by atoms with E-state index in [0.29, 0.717) is 23.5 Å². The topological polar surface area (TPSA) is 74.8 Å². The zero-order chi connectivity index (χ0) is 20.4. The van der Waals surface area contributed by atoms with E-state index >= 15 is 0 Å². The number of rotatable bonds is 5. The van der Waals surface area contributed by atoms with E-state index in [-0.39, 0.29) is 5.56 Å². The highest BCUT2D eigenvalue weighted by molar-refractivity contribution is 6.07. The quantitative estimate of drug-likeness (QED) is 0.459. The molecular formula is C24H22N2O3. The Labute approximate surface area is 168 Å². The molecule has 0 radical (unpaired) electrons. The molecule has 0 amide bonds. The summed E-state index contributed by atoms with van der Waals surface area (Å²) in [5, 5.41) is 14.8. The lowest BCUT2D eigenvalue weighted by Gasteiger charge is -2.17. The molecule has 5 heteroatoms. The Balaban J connectivity index is 2.13. The van der Waals surface area contributed by atoms with E-state index in [1.807, 2.05) is 62.4 Å². The summed E-state index contributed by atoms with van der Waals surface area (Å²) in [6, 6.07) is 18.8. The van der Waals surface area contributed by atoms with Gasteiger partial charge in [0.05, 0.1) is 10.9 Å². The smallest absolute Gasteiger partial charge is 0.336 e. The molecule has 4 rings (SSSR count). The molecule has 0 unspecified atom stereocenters. The van der Waals surface area contributed by atoms with Crippen LogP contribution in [-0.4, -0.2) is 24.2 Å². The van der Waals surface area contributed by atoms with Crippen LogP contribution in [0, 0.1) is 0 Å². The molecule has 29 heavy (non-hydrogen) atoms. The van der Waals surface area contributed by atoms with Gasteiger partial charge in [0.25, 0.3) is 0 Å². The summed E-state index contributed by atoms with van der Waals surface area (Å²) in [4.78, 5) is 16.4. The maximum Gasteiger partial charge on any atom is 0.336 e. The first kappa shape index (κ1) is 18.7. The summed E-state index contributed by atoms with van der Waals surface area (Å²) in [5.41, 5.74) is 4.29. The van der Waals surface area contributed by atoms with Crippen molar-refractivity contribution in [2.45, 2.75) is 13.8 Å². The summed E-state index contributed by atoms with van der Waals surface area (Å²) in [5.74, 6) is -0.277. The highest BCUT2D eigenvalue weighted by atomic mass is 16.4. The molecule has 2 aliphatic rings. The number of benzene rings is 3. The van der Waals surface area contributed by atoms with Crippen molar-refractivity contribution in [3.8, 4) is 22.5 Å². The number of fused-ring (bicyclic) bond motifs is 2. The van der Waals surface area contributed by atoms with E-state index in [0.717, 1.165) is 34.1 Å². The number of nitrogens with zero attached hydrogens (tertiary/aromatic N) is 1. The first-order valence-corrected chi connectivity index (χ1v) is 9.70. The average molecular weight is 386 g/mol. The van der Waals surface area contributed by atoms with Crippen molar-refractivity contribution in [2.75, 3.05) is 18.4 Å². The largest absolute Gasteiger partial charge is 0.478 e. The fraction of sp³-hybridized carbons (Fsp3) is 0.167. The van der Waals surface area contributed by atoms with Gasteiger partial charge in [0.2, 0.25) is 0 Å². The number of aromatic carboxylic acids is 1. The van der Waals surface area contributed by atoms with Crippen molar-refractivity contribution < 1.29 is 14.3 Å². The van der Waals surface area contributed by atoms with Crippen LogP contribution in [0.15, 0.2) is 70.1 Å². The zero-order valence-corrected chi connectivity index (χ0v) is 16.4. The van der Waals surface area contributed by atoms with Crippen LogP contribution < -0.4 is 10.7 Å². The lowest BCUT2D eigenvalue weighted by Crippen LogP contribution is -2.05. The second-order valence-electron chi connectivity index (χ2n) is 6.72. The molecule has 0 saturated carbocycles. The Kier molecular flexibility index (Phi) is 5.04. The van der Waals surface area contributed by atoms with Crippen LogP contribution in [0.2, 0.25) is 0 Å². The van der Waals surface area contributed by atoms with Gasteiger partial charge >= 0.3 is 5.97 Å². The molecule has 1 aliphatic heterocycles. The molecule has 1 aliphatic carbocycles. The molecule has 146 valence electrons. The minimum absolute atomic E-state index is 0.263. The molecule has 0 saturated heterocycles. The maximum absolute atomic E-state index is 11.9. The number of hydrogen-bond donors (Lipinski definition) is 2. The fourth-order valence-corrected chi connectivity index (χ4v) is 3.65. The lowest BCUT2D eigenvalue weighted by molar-refractivity contribution is 0.0697.